The molecule has 0 saturated carbocycles. The normalized spacial score (nSPS) is 10.7. The van der Waals surface area contributed by atoms with Crippen molar-refractivity contribution in [3.8, 4) is 45.3 Å². The van der Waals surface area contributed by atoms with E-state index in [1.807, 2.05) is 30.3 Å². The Balaban J connectivity index is 1.90. The molecule has 158 valence electrons. The molecule has 0 aliphatic rings. The Morgan fingerprint density at radius 2 is 1.32 bits per heavy atom. The van der Waals surface area contributed by atoms with Crippen molar-refractivity contribution in [2.75, 3.05) is 28.4 Å². The molecular weight excluding hydrogens is 397 g/mol. The fraction of sp³-hybridized carbons (Fsp3) is 0.160. The van der Waals surface area contributed by atoms with Gasteiger partial charge in [0.2, 0.25) is 0 Å². The molecule has 4 rings (SSSR count). The molecule has 31 heavy (non-hydrogen) atoms. The number of hydrogen-bond acceptors (Lipinski definition) is 5. The molecular formula is C25H22FNO4. The first-order valence-corrected chi connectivity index (χ1v) is 9.62. The van der Waals surface area contributed by atoms with Crippen LogP contribution in [-0.4, -0.2) is 33.4 Å². The summed E-state index contributed by atoms with van der Waals surface area (Å²) in [6.07, 6.45) is 1.80. The molecule has 1 heterocycles. The molecule has 0 aliphatic carbocycles. The number of benzene rings is 3. The van der Waals surface area contributed by atoms with Gasteiger partial charge in [-0.2, -0.15) is 0 Å². The summed E-state index contributed by atoms with van der Waals surface area (Å²) < 4.78 is 35.4. The van der Waals surface area contributed by atoms with E-state index >= 15 is 0 Å². The Bertz CT molecular complexity index is 1240. The molecule has 0 atom stereocenters. The van der Waals surface area contributed by atoms with Gasteiger partial charge in [0.1, 0.15) is 5.82 Å². The van der Waals surface area contributed by atoms with Gasteiger partial charge in [0.25, 0.3) is 0 Å². The van der Waals surface area contributed by atoms with Crippen LogP contribution in [0.4, 0.5) is 4.39 Å². The van der Waals surface area contributed by atoms with Crippen molar-refractivity contribution in [3.05, 3.63) is 66.6 Å². The first-order chi connectivity index (χ1) is 15.1. The van der Waals surface area contributed by atoms with Crippen LogP contribution in [0.5, 0.6) is 23.0 Å². The van der Waals surface area contributed by atoms with Crippen LogP contribution in [0.15, 0.2) is 60.8 Å². The average Bonchev–Trinajstić information content (AvgIpc) is 2.82. The van der Waals surface area contributed by atoms with Crippen LogP contribution in [0.3, 0.4) is 0 Å². The quantitative estimate of drug-likeness (QED) is 0.399. The van der Waals surface area contributed by atoms with Crippen molar-refractivity contribution in [1.29, 1.82) is 0 Å². The zero-order valence-electron chi connectivity index (χ0n) is 17.7. The van der Waals surface area contributed by atoms with E-state index in [2.05, 4.69) is 4.98 Å². The Labute approximate surface area is 180 Å². The monoisotopic (exact) mass is 419 g/mol. The number of fused-ring (bicyclic) bond motifs is 1. The second-order valence-electron chi connectivity index (χ2n) is 6.89. The van der Waals surface area contributed by atoms with E-state index in [1.54, 1.807) is 46.8 Å². The van der Waals surface area contributed by atoms with Crippen LogP contribution < -0.4 is 18.9 Å². The Morgan fingerprint density at radius 1 is 0.645 bits per heavy atom. The maximum absolute atomic E-state index is 13.5. The van der Waals surface area contributed by atoms with Gasteiger partial charge in [-0.05, 0) is 47.5 Å². The Morgan fingerprint density at radius 3 is 1.97 bits per heavy atom. The van der Waals surface area contributed by atoms with E-state index < -0.39 is 0 Å². The Hall–Kier alpha value is -3.80. The molecule has 0 unspecified atom stereocenters. The highest BCUT2D eigenvalue weighted by Crippen LogP contribution is 2.42. The van der Waals surface area contributed by atoms with Crippen molar-refractivity contribution >= 4 is 10.9 Å². The lowest BCUT2D eigenvalue weighted by Gasteiger charge is -2.16. The molecule has 0 saturated heterocycles. The summed E-state index contributed by atoms with van der Waals surface area (Å²) in [6, 6.07) is 15.9. The number of aromatic nitrogens is 1. The minimum Gasteiger partial charge on any atom is -0.493 e. The van der Waals surface area contributed by atoms with Gasteiger partial charge in [-0.1, -0.05) is 12.1 Å². The lowest BCUT2D eigenvalue weighted by molar-refractivity contribution is 0.356. The minimum absolute atomic E-state index is 0.297. The first-order valence-electron chi connectivity index (χ1n) is 9.62. The highest BCUT2D eigenvalue weighted by atomic mass is 19.1. The van der Waals surface area contributed by atoms with Crippen molar-refractivity contribution < 1.29 is 23.3 Å². The van der Waals surface area contributed by atoms with Gasteiger partial charge in [-0.3, -0.25) is 4.98 Å². The third-order valence-electron chi connectivity index (χ3n) is 5.15. The minimum atomic E-state index is -0.297. The van der Waals surface area contributed by atoms with Gasteiger partial charge in [0, 0.05) is 28.8 Å². The van der Waals surface area contributed by atoms with Crippen LogP contribution in [0.1, 0.15) is 0 Å². The van der Waals surface area contributed by atoms with E-state index in [1.165, 1.54) is 12.1 Å². The van der Waals surface area contributed by atoms with E-state index in [0.717, 1.165) is 33.2 Å². The summed E-state index contributed by atoms with van der Waals surface area (Å²) in [6.45, 7) is 0. The third kappa shape index (κ3) is 3.84. The lowest BCUT2D eigenvalue weighted by Crippen LogP contribution is -1.96. The predicted octanol–water partition coefficient (Wildman–Crippen LogP) is 5.74. The van der Waals surface area contributed by atoms with Gasteiger partial charge in [0.15, 0.2) is 23.0 Å². The van der Waals surface area contributed by atoms with Crippen molar-refractivity contribution in [1.82, 2.24) is 4.98 Å². The van der Waals surface area contributed by atoms with Crippen LogP contribution in [0.2, 0.25) is 0 Å². The highest BCUT2D eigenvalue weighted by molar-refractivity contribution is 5.88. The summed E-state index contributed by atoms with van der Waals surface area (Å²) in [5, 5.41) is 0.910. The van der Waals surface area contributed by atoms with Gasteiger partial charge in [0.05, 0.1) is 34.0 Å². The first kappa shape index (κ1) is 20.5. The second kappa shape index (κ2) is 8.52. The molecule has 1 aromatic heterocycles. The smallest absolute Gasteiger partial charge is 0.168 e. The molecule has 5 nitrogen and oxygen atoms in total. The van der Waals surface area contributed by atoms with Crippen LogP contribution in [-0.2, 0) is 0 Å². The molecule has 0 spiro atoms. The van der Waals surface area contributed by atoms with Crippen LogP contribution in [0, 0.1) is 5.82 Å². The topological polar surface area (TPSA) is 49.8 Å². The number of rotatable bonds is 6. The fourth-order valence-electron chi connectivity index (χ4n) is 3.59. The SMILES string of the molecule is COc1cc2cc(-c3cc(OC)c(OC)c(-c4ccc(F)cc4)c3)cnc2cc1OC. The van der Waals surface area contributed by atoms with Crippen LogP contribution in [0.25, 0.3) is 33.2 Å². The molecule has 0 radical (unpaired) electrons. The van der Waals surface area contributed by atoms with E-state index in [-0.39, 0.29) is 5.82 Å². The summed E-state index contributed by atoms with van der Waals surface area (Å²) in [5.74, 6) is 2.12. The maximum Gasteiger partial charge on any atom is 0.168 e. The van der Waals surface area contributed by atoms with Gasteiger partial charge in [-0.15, -0.1) is 0 Å². The van der Waals surface area contributed by atoms with E-state index in [9.17, 15) is 4.39 Å². The standard InChI is InChI=1S/C25H22FNO4/c1-28-22-12-17-9-18(14-27-21(17)13-23(22)29-2)16-10-20(15-5-7-19(26)8-6-15)25(31-4)24(11-16)30-3/h5-14H,1-4H3. The fourth-order valence-corrected chi connectivity index (χ4v) is 3.59. The zero-order chi connectivity index (χ0) is 22.0. The summed E-state index contributed by atoms with van der Waals surface area (Å²) in [7, 11) is 6.37. The van der Waals surface area contributed by atoms with E-state index in [0.29, 0.717) is 23.0 Å². The summed E-state index contributed by atoms with van der Waals surface area (Å²) in [4.78, 5) is 4.60. The largest absolute Gasteiger partial charge is 0.493 e. The average molecular weight is 419 g/mol. The van der Waals surface area contributed by atoms with Crippen LogP contribution >= 0.6 is 0 Å². The molecule has 0 bridgehead atoms. The molecule has 4 aromatic rings. The third-order valence-corrected chi connectivity index (χ3v) is 5.15. The van der Waals surface area contributed by atoms with Crippen molar-refractivity contribution in [3.63, 3.8) is 0 Å². The van der Waals surface area contributed by atoms with Gasteiger partial charge < -0.3 is 18.9 Å². The number of nitrogens with zero attached hydrogens (tertiary/aromatic N) is 1. The Kier molecular flexibility index (Phi) is 5.62. The molecule has 0 aliphatic heterocycles. The summed E-state index contributed by atoms with van der Waals surface area (Å²) in [5.41, 5.74) is 4.19. The molecule has 0 N–H and O–H groups in total. The highest BCUT2D eigenvalue weighted by Gasteiger charge is 2.16. The molecule has 0 amide bonds. The van der Waals surface area contributed by atoms with Gasteiger partial charge in [-0.25, -0.2) is 4.39 Å². The van der Waals surface area contributed by atoms with E-state index in [4.69, 9.17) is 18.9 Å². The molecule has 0 fully saturated rings. The number of halogens is 1. The molecule has 3 aromatic carbocycles. The predicted molar refractivity (Wildman–Crippen MR) is 119 cm³/mol. The maximum atomic E-state index is 13.5. The molecule has 6 heteroatoms. The van der Waals surface area contributed by atoms with Crippen molar-refractivity contribution in [2.24, 2.45) is 0 Å². The van der Waals surface area contributed by atoms with Gasteiger partial charge >= 0.3 is 0 Å². The number of hydrogen-bond donors (Lipinski definition) is 0. The second-order valence-corrected chi connectivity index (χ2v) is 6.89. The summed E-state index contributed by atoms with van der Waals surface area (Å²) >= 11 is 0. The van der Waals surface area contributed by atoms with Crippen molar-refractivity contribution in [2.45, 2.75) is 0 Å². The number of ether oxygens (including phenoxy) is 4. The number of pyridine rings is 1. The lowest BCUT2D eigenvalue weighted by atomic mass is 9.97. The number of methoxy groups -OCH3 is 4. The zero-order valence-corrected chi connectivity index (χ0v) is 17.7.